The molecule has 38 heavy (non-hydrogen) atoms. The van der Waals surface area contributed by atoms with Gasteiger partial charge in [-0.3, -0.25) is 9.59 Å². The van der Waals surface area contributed by atoms with E-state index in [0.717, 1.165) is 9.81 Å². The van der Waals surface area contributed by atoms with Gasteiger partial charge in [-0.1, -0.05) is 52.0 Å². The molecule has 212 valence electrons. The molecular formula is C30H44O6S2. The summed E-state index contributed by atoms with van der Waals surface area (Å²) in [5.74, 6) is -1.67. The fourth-order valence-corrected chi connectivity index (χ4v) is 7.79. The van der Waals surface area contributed by atoms with Crippen molar-refractivity contribution >= 4 is 33.5 Å². The number of rotatable bonds is 12. The zero-order valence-corrected chi connectivity index (χ0v) is 25.7. The minimum absolute atomic E-state index is 0.313. The molecule has 0 saturated heterocycles. The molecule has 0 radical (unpaired) electrons. The number of hydrogen-bond acceptors (Lipinski definition) is 4. The molecule has 0 saturated carbocycles. The van der Waals surface area contributed by atoms with Gasteiger partial charge in [0.15, 0.2) is 0 Å². The minimum atomic E-state index is -1.37. The quantitative estimate of drug-likeness (QED) is 0.259. The Hall–Kier alpha value is -2.06. The number of carboxylic acid groups (broad SMARTS) is 2. The fourth-order valence-electron chi connectivity index (χ4n) is 4.50. The van der Waals surface area contributed by atoms with Crippen molar-refractivity contribution in [1.29, 1.82) is 0 Å². The van der Waals surface area contributed by atoms with E-state index in [1.54, 1.807) is 39.8 Å². The molecule has 0 aromatic heterocycles. The molecule has 2 aliphatic heterocycles. The zero-order valence-electron chi connectivity index (χ0n) is 24.1. The van der Waals surface area contributed by atoms with Crippen molar-refractivity contribution in [1.82, 2.24) is 0 Å². The lowest BCUT2D eigenvalue weighted by atomic mass is 9.86. The Morgan fingerprint density at radius 3 is 1.32 bits per heavy atom. The van der Waals surface area contributed by atoms with Crippen LogP contribution in [0, 0.1) is 21.7 Å². The van der Waals surface area contributed by atoms with Crippen LogP contribution in [0.3, 0.4) is 0 Å². The third-order valence-electron chi connectivity index (χ3n) is 7.02. The number of carbonyl (C=O) groups is 2. The number of carboxylic acids is 2. The van der Waals surface area contributed by atoms with Crippen molar-refractivity contribution in [3.63, 3.8) is 0 Å². The van der Waals surface area contributed by atoms with Gasteiger partial charge in [0.25, 0.3) is 0 Å². The average Bonchev–Trinajstić information content (AvgIpc) is 2.76. The van der Waals surface area contributed by atoms with Crippen LogP contribution in [0.5, 0.6) is 0 Å². The molecule has 0 amide bonds. The van der Waals surface area contributed by atoms with Crippen molar-refractivity contribution in [2.75, 3.05) is 0 Å². The van der Waals surface area contributed by atoms with Crippen LogP contribution < -0.4 is 0 Å². The van der Waals surface area contributed by atoms with Crippen LogP contribution in [0.15, 0.2) is 56.1 Å². The van der Waals surface area contributed by atoms with Crippen molar-refractivity contribution in [2.24, 2.45) is 21.7 Å². The van der Waals surface area contributed by atoms with Crippen molar-refractivity contribution < 1.29 is 28.2 Å². The first kappa shape index (κ1) is 32.2. The molecule has 0 bridgehead atoms. The van der Waals surface area contributed by atoms with Gasteiger partial charge in [0.2, 0.25) is 0 Å². The molecule has 0 aliphatic carbocycles. The first-order valence-electron chi connectivity index (χ1n) is 13.1. The molecule has 0 aromatic carbocycles. The Labute approximate surface area is 233 Å². The number of allylic oxidation sites excluding steroid dienone is 8. The lowest BCUT2D eigenvalue weighted by molar-refractivity contribution is -0.148. The maximum absolute atomic E-state index is 13.4. The highest BCUT2D eigenvalue weighted by molar-refractivity contribution is 7.93. The topological polar surface area (TPSA) is 109 Å². The molecule has 0 spiro atoms. The Kier molecular flexibility index (Phi) is 10.1. The second kappa shape index (κ2) is 12.0. The smallest absolute Gasteiger partial charge is 0.309 e. The van der Waals surface area contributed by atoms with Gasteiger partial charge in [-0.2, -0.15) is 0 Å². The third-order valence-corrected chi connectivity index (χ3v) is 9.98. The van der Waals surface area contributed by atoms with E-state index < -0.39 is 44.4 Å². The molecule has 0 fully saturated rings. The van der Waals surface area contributed by atoms with E-state index in [9.17, 15) is 28.2 Å². The summed E-state index contributed by atoms with van der Waals surface area (Å²) >= 11 is 0. The van der Waals surface area contributed by atoms with Crippen molar-refractivity contribution in [3.8, 4) is 0 Å². The Morgan fingerprint density at radius 2 is 1.03 bits per heavy atom. The summed E-state index contributed by atoms with van der Waals surface area (Å²) in [5.41, 5.74) is -2.29. The molecule has 2 atom stereocenters. The molecule has 2 heterocycles. The molecule has 2 rings (SSSR count). The van der Waals surface area contributed by atoms with Gasteiger partial charge in [0.1, 0.15) is 0 Å². The van der Waals surface area contributed by atoms with E-state index >= 15 is 0 Å². The van der Waals surface area contributed by atoms with Crippen LogP contribution in [0.25, 0.3) is 0 Å². The molecule has 2 N–H and O–H groups in total. The average molecular weight is 565 g/mol. The summed E-state index contributed by atoms with van der Waals surface area (Å²) in [5, 5.41) is 18.8. The van der Waals surface area contributed by atoms with Gasteiger partial charge >= 0.3 is 11.9 Å². The predicted molar refractivity (Wildman–Crippen MR) is 156 cm³/mol. The van der Waals surface area contributed by atoms with E-state index in [1.807, 2.05) is 52.0 Å². The summed E-state index contributed by atoms with van der Waals surface area (Å²) in [6, 6.07) is 0. The first-order valence-corrected chi connectivity index (χ1v) is 15.4. The molecule has 8 heteroatoms. The van der Waals surface area contributed by atoms with Crippen LogP contribution in [-0.2, 0) is 31.2 Å². The van der Waals surface area contributed by atoms with E-state index in [0.29, 0.717) is 48.3 Å². The molecule has 2 aliphatic rings. The van der Waals surface area contributed by atoms with Gasteiger partial charge < -0.3 is 10.2 Å². The van der Waals surface area contributed by atoms with Crippen LogP contribution in [0.2, 0.25) is 0 Å². The summed E-state index contributed by atoms with van der Waals surface area (Å²) in [6.07, 6.45) is 14.9. The van der Waals surface area contributed by atoms with Crippen molar-refractivity contribution in [3.05, 3.63) is 56.1 Å². The van der Waals surface area contributed by atoms with E-state index in [4.69, 9.17) is 0 Å². The highest BCUT2D eigenvalue weighted by Gasteiger charge is 2.30. The Balaban J connectivity index is 2.16. The normalized spacial score (nSPS) is 23.4. The lowest BCUT2D eigenvalue weighted by Crippen LogP contribution is -2.23. The second-order valence-corrected chi connectivity index (χ2v) is 16.0. The Morgan fingerprint density at radius 1 is 0.711 bits per heavy atom. The van der Waals surface area contributed by atoms with Crippen LogP contribution in [-0.4, -0.2) is 30.6 Å². The van der Waals surface area contributed by atoms with E-state index in [2.05, 4.69) is 0 Å². The van der Waals surface area contributed by atoms with Crippen molar-refractivity contribution in [2.45, 2.75) is 93.9 Å². The number of hydrogen-bond donors (Lipinski definition) is 2. The van der Waals surface area contributed by atoms with Gasteiger partial charge in [0.05, 0.1) is 32.4 Å². The Bertz CT molecular complexity index is 1070. The van der Waals surface area contributed by atoms with Crippen LogP contribution >= 0.6 is 0 Å². The fraction of sp³-hybridized carbons (Fsp3) is 0.600. The predicted octanol–water partition coefficient (Wildman–Crippen LogP) is 7.22. The second-order valence-electron chi connectivity index (χ2n) is 12.9. The lowest BCUT2D eigenvalue weighted by Gasteiger charge is -2.27. The summed E-state index contributed by atoms with van der Waals surface area (Å²) < 4.78 is 26.8. The largest absolute Gasteiger partial charge is 0.481 e. The van der Waals surface area contributed by atoms with Crippen LogP contribution in [0.1, 0.15) is 93.9 Å². The standard InChI is InChI=1S/C30H44O6S2/c1-27(2)17-21(11-9-15-29(5,6)25(31)32)37(35)23(19-27)13-14-24-20-28(3,4)18-22(38(24)36)12-10-16-30(7,8)26(33)34/h13-14,17-20H,9-12,15-16H2,1-8H3,(H,31,32)(H,33,34)/b14-13+. The molecule has 2 unspecified atom stereocenters. The van der Waals surface area contributed by atoms with E-state index in [-0.39, 0.29) is 10.8 Å². The maximum Gasteiger partial charge on any atom is 0.309 e. The summed E-state index contributed by atoms with van der Waals surface area (Å²) in [4.78, 5) is 25.8. The third kappa shape index (κ3) is 8.73. The maximum atomic E-state index is 13.4. The monoisotopic (exact) mass is 564 g/mol. The van der Waals surface area contributed by atoms with Gasteiger partial charge in [-0.15, -0.1) is 0 Å². The minimum Gasteiger partial charge on any atom is -0.481 e. The van der Waals surface area contributed by atoms with E-state index in [1.165, 1.54) is 0 Å². The van der Waals surface area contributed by atoms with Gasteiger partial charge in [-0.25, -0.2) is 8.42 Å². The molecular weight excluding hydrogens is 520 g/mol. The molecule has 6 nitrogen and oxygen atoms in total. The van der Waals surface area contributed by atoms with Crippen LogP contribution in [0.4, 0.5) is 0 Å². The zero-order chi connectivity index (χ0) is 29.1. The van der Waals surface area contributed by atoms with Gasteiger partial charge in [0, 0.05) is 30.5 Å². The molecule has 0 aromatic rings. The highest BCUT2D eigenvalue weighted by Crippen LogP contribution is 2.38. The SMILES string of the molecule is CC1(C)C=C(/C=C/C2=CC(C)(C)C=C(CCCC(C)(C)C(=O)O)S2=O)S(=O)C(CCCC(C)(C)C(=O)O)=C1. The van der Waals surface area contributed by atoms with Gasteiger partial charge in [-0.05, 0) is 78.4 Å². The number of aliphatic carboxylic acids is 2. The summed E-state index contributed by atoms with van der Waals surface area (Å²) in [7, 11) is -2.75. The summed E-state index contributed by atoms with van der Waals surface area (Å²) in [6.45, 7) is 15.0. The highest BCUT2D eigenvalue weighted by atomic mass is 32.2. The first-order chi connectivity index (χ1) is 17.3.